The third-order valence-corrected chi connectivity index (χ3v) is 2.19. The summed E-state index contributed by atoms with van der Waals surface area (Å²) in [6.07, 6.45) is 5.05. The van der Waals surface area contributed by atoms with Crippen molar-refractivity contribution >= 4 is 12.0 Å². The van der Waals surface area contributed by atoms with Crippen LogP contribution >= 0.6 is 0 Å². The Hall–Kier alpha value is -2.31. The predicted molar refractivity (Wildman–Crippen MR) is 65.0 cm³/mol. The largest absolute Gasteiger partial charge is 0.480 e. The number of amides is 2. The monoisotopic (exact) mass is 252 g/mol. The van der Waals surface area contributed by atoms with Gasteiger partial charge < -0.3 is 15.7 Å². The highest BCUT2D eigenvalue weighted by Gasteiger charge is 2.17. The van der Waals surface area contributed by atoms with E-state index in [4.69, 9.17) is 5.11 Å². The van der Waals surface area contributed by atoms with E-state index in [0.29, 0.717) is 13.1 Å². The summed E-state index contributed by atoms with van der Waals surface area (Å²) in [5, 5.41) is 17.7. The van der Waals surface area contributed by atoms with Gasteiger partial charge in [0.15, 0.2) is 0 Å². The Labute approximate surface area is 104 Å². The van der Waals surface area contributed by atoms with Crippen LogP contribution in [-0.4, -0.2) is 39.5 Å². The quantitative estimate of drug-likeness (QED) is 0.604. The van der Waals surface area contributed by atoms with E-state index >= 15 is 0 Å². The highest BCUT2D eigenvalue weighted by molar-refractivity contribution is 5.82. The first-order chi connectivity index (χ1) is 8.63. The standard InChI is InChI=1S/C11H16N4O3/c1-2-4-9(10(16)17)14-11(18)12-6-8-15-7-3-5-13-15/h2-3,5,7,9H,1,4,6,8H2,(H,16,17)(H2,12,14,18). The Morgan fingerprint density at radius 3 is 2.89 bits per heavy atom. The molecule has 98 valence electrons. The van der Waals surface area contributed by atoms with Crippen molar-refractivity contribution in [1.82, 2.24) is 20.4 Å². The molecule has 0 radical (unpaired) electrons. The lowest BCUT2D eigenvalue weighted by Gasteiger charge is -2.13. The van der Waals surface area contributed by atoms with Crippen LogP contribution in [0.25, 0.3) is 0 Å². The number of hydrogen-bond acceptors (Lipinski definition) is 3. The molecule has 1 unspecified atom stereocenters. The molecule has 2 amide bonds. The Morgan fingerprint density at radius 2 is 2.33 bits per heavy atom. The zero-order valence-electron chi connectivity index (χ0n) is 9.87. The summed E-state index contributed by atoms with van der Waals surface area (Å²) in [5.74, 6) is -1.09. The van der Waals surface area contributed by atoms with Crippen molar-refractivity contribution in [1.29, 1.82) is 0 Å². The second kappa shape index (κ2) is 7.10. The zero-order chi connectivity index (χ0) is 13.4. The van der Waals surface area contributed by atoms with Gasteiger partial charge in [0.25, 0.3) is 0 Å². The molecule has 1 atom stereocenters. The number of aromatic nitrogens is 2. The summed E-state index contributed by atoms with van der Waals surface area (Å²) in [6, 6.07) is 0.313. The third kappa shape index (κ3) is 4.69. The van der Waals surface area contributed by atoms with Gasteiger partial charge in [0.05, 0.1) is 6.54 Å². The van der Waals surface area contributed by atoms with Crippen molar-refractivity contribution in [2.45, 2.75) is 19.0 Å². The van der Waals surface area contributed by atoms with Crippen molar-refractivity contribution in [3.8, 4) is 0 Å². The van der Waals surface area contributed by atoms with Crippen LogP contribution in [0.3, 0.4) is 0 Å². The number of carboxylic acids is 1. The average Bonchev–Trinajstić information content (AvgIpc) is 2.81. The van der Waals surface area contributed by atoms with Crippen molar-refractivity contribution in [2.75, 3.05) is 6.54 Å². The Bertz CT molecular complexity index is 402. The van der Waals surface area contributed by atoms with Crippen LogP contribution in [0.5, 0.6) is 0 Å². The van der Waals surface area contributed by atoms with Crippen LogP contribution in [0.4, 0.5) is 4.79 Å². The predicted octanol–water partition coefficient (Wildman–Crippen LogP) is 0.212. The third-order valence-electron chi connectivity index (χ3n) is 2.19. The highest BCUT2D eigenvalue weighted by Crippen LogP contribution is 1.92. The number of rotatable bonds is 7. The molecule has 7 heteroatoms. The lowest BCUT2D eigenvalue weighted by Crippen LogP contribution is -2.46. The molecular weight excluding hydrogens is 236 g/mol. The summed E-state index contributed by atoms with van der Waals surface area (Å²) in [4.78, 5) is 22.2. The maximum Gasteiger partial charge on any atom is 0.326 e. The molecule has 3 N–H and O–H groups in total. The molecule has 1 rings (SSSR count). The molecule has 18 heavy (non-hydrogen) atoms. The molecule has 0 spiro atoms. The first-order valence-electron chi connectivity index (χ1n) is 5.49. The minimum absolute atomic E-state index is 0.182. The van der Waals surface area contributed by atoms with Crippen molar-refractivity contribution in [2.24, 2.45) is 0 Å². The minimum Gasteiger partial charge on any atom is -0.480 e. The van der Waals surface area contributed by atoms with Crippen LogP contribution in [0.15, 0.2) is 31.1 Å². The highest BCUT2D eigenvalue weighted by atomic mass is 16.4. The first kappa shape index (κ1) is 13.8. The van der Waals surface area contributed by atoms with E-state index in [1.54, 1.807) is 23.1 Å². The Morgan fingerprint density at radius 1 is 1.56 bits per heavy atom. The van der Waals surface area contributed by atoms with E-state index in [-0.39, 0.29) is 6.42 Å². The van der Waals surface area contributed by atoms with Gasteiger partial charge in [-0.2, -0.15) is 5.10 Å². The van der Waals surface area contributed by atoms with Gasteiger partial charge in [-0.05, 0) is 12.5 Å². The normalized spacial score (nSPS) is 11.6. The van der Waals surface area contributed by atoms with Crippen LogP contribution in [0, 0.1) is 0 Å². The number of nitrogens with zero attached hydrogens (tertiary/aromatic N) is 2. The van der Waals surface area contributed by atoms with E-state index < -0.39 is 18.0 Å². The Balaban J connectivity index is 2.27. The average molecular weight is 252 g/mol. The van der Waals surface area contributed by atoms with Crippen LogP contribution in [0.2, 0.25) is 0 Å². The van der Waals surface area contributed by atoms with E-state index in [1.807, 2.05) is 0 Å². The van der Waals surface area contributed by atoms with Gasteiger partial charge in [-0.1, -0.05) is 6.08 Å². The molecule has 1 aromatic rings. The van der Waals surface area contributed by atoms with Gasteiger partial charge in [-0.25, -0.2) is 9.59 Å². The van der Waals surface area contributed by atoms with Gasteiger partial charge >= 0.3 is 12.0 Å². The SMILES string of the molecule is C=CCC(NC(=O)NCCn1cccn1)C(=O)O. The number of carboxylic acid groups (broad SMARTS) is 1. The maximum atomic E-state index is 11.4. The smallest absolute Gasteiger partial charge is 0.326 e. The minimum atomic E-state index is -1.09. The molecule has 0 bridgehead atoms. The summed E-state index contributed by atoms with van der Waals surface area (Å²) in [6.45, 7) is 4.34. The molecule has 1 aromatic heterocycles. The molecule has 0 saturated carbocycles. The Kier molecular flexibility index (Phi) is 5.43. The lowest BCUT2D eigenvalue weighted by atomic mass is 10.2. The lowest BCUT2D eigenvalue weighted by molar-refractivity contribution is -0.139. The van der Waals surface area contributed by atoms with E-state index in [0.717, 1.165) is 0 Å². The molecule has 0 aromatic carbocycles. The van der Waals surface area contributed by atoms with Gasteiger partial charge in [0.2, 0.25) is 0 Å². The summed E-state index contributed by atoms with van der Waals surface area (Å²) in [5.41, 5.74) is 0. The summed E-state index contributed by atoms with van der Waals surface area (Å²) >= 11 is 0. The summed E-state index contributed by atoms with van der Waals surface area (Å²) < 4.78 is 1.67. The number of carbonyl (C=O) groups is 2. The fraction of sp³-hybridized carbons (Fsp3) is 0.364. The fourth-order valence-electron chi connectivity index (χ4n) is 1.31. The topological polar surface area (TPSA) is 96.3 Å². The number of nitrogens with one attached hydrogen (secondary N) is 2. The van der Waals surface area contributed by atoms with Crippen LogP contribution < -0.4 is 10.6 Å². The molecule has 1 heterocycles. The van der Waals surface area contributed by atoms with Gasteiger partial charge in [0, 0.05) is 18.9 Å². The van der Waals surface area contributed by atoms with Crippen LogP contribution in [0.1, 0.15) is 6.42 Å². The number of urea groups is 1. The van der Waals surface area contributed by atoms with E-state index in [1.165, 1.54) is 6.08 Å². The number of hydrogen-bond donors (Lipinski definition) is 3. The zero-order valence-corrected chi connectivity index (χ0v) is 9.87. The van der Waals surface area contributed by atoms with Gasteiger partial charge in [-0.15, -0.1) is 6.58 Å². The summed E-state index contributed by atoms with van der Waals surface area (Å²) in [7, 11) is 0. The molecular formula is C11H16N4O3. The fourth-order valence-corrected chi connectivity index (χ4v) is 1.31. The van der Waals surface area contributed by atoms with Crippen LogP contribution in [-0.2, 0) is 11.3 Å². The molecule has 0 saturated heterocycles. The maximum absolute atomic E-state index is 11.4. The van der Waals surface area contributed by atoms with Crippen molar-refractivity contribution < 1.29 is 14.7 Å². The van der Waals surface area contributed by atoms with Crippen molar-refractivity contribution in [3.63, 3.8) is 0 Å². The van der Waals surface area contributed by atoms with Crippen molar-refractivity contribution in [3.05, 3.63) is 31.1 Å². The molecule has 0 fully saturated rings. The first-order valence-corrected chi connectivity index (χ1v) is 5.49. The van der Waals surface area contributed by atoms with E-state index in [2.05, 4.69) is 22.3 Å². The molecule has 0 aliphatic rings. The molecule has 0 aliphatic carbocycles. The second-order valence-electron chi connectivity index (χ2n) is 3.58. The number of aliphatic carboxylic acids is 1. The van der Waals surface area contributed by atoms with Gasteiger partial charge in [0.1, 0.15) is 6.04 Å². The second-order valence-corrected chi connectivity index (χ2v) is 3.58. The molecule has 0 aliphatic heterocycles. The van der Waals surface area contributed by atoms with Gasteiger partial charge in [-0.3, -0.25) is 4.68 Å². The van der Waals surface area contributed by atoms with E-state index in [9.17, 15) is 9.59 Å². The number of carbonyl (C=O) groups excluding carboxylic acids is 1. The molecule has 7 nitrogen and oxygen atoms in total.